The van der Waals surface area contributed by atoms with Crippen molar-refractivity contribution >= 4 is 17.2 Å². The number of hydrogen-bond acceptors (Lipinski definition) is 8. The number of hydrogen-bond donors (Lipinski definition) is 1. The van der Waals surface area contributed by atoms with Crippen molar-refractivity contribution in [2.45, 2.75) is 18.9 Å². The molecule has 2 fully saturated rings. The van der Waals surface area contributed by atoms with Gasteiger partial charge in [-0.15, -0.1) is 0 Å². The fraction of sp³-hybridized carbons (Fsp3) is 0.571. The van der Waals surface area contributed by atoms with Crippen molar-refractivity contribution in [3.8, 4) is 11.5 Å². The molecule has 2 aliphatic rings. The van der Waals surface area contributed by atoms with Gasteiger partial charge in [0.1, 0.15) is 35.9 Å². The molecular formula is C21H28N4O5. The lowest BCUT2D eigenvalue weighted by atomic mass is 10.1. The fourth-order valence-electron chi connectivity index (χ4n) is 3.88. The quantitative estimate of drug-likeness (QED) is 0.628. The van der Waals surface area contributed by atoms with Gasteiger partial charge in [0.2, 0.25) is 0 Å². The Morgan fingerprint density at radius 1 is 1.17 bits per heavy atom. The van der Waals surface area contributed by atoms with Gasteiger partial charge in [0.05, 0.1) is 31.6 Å². The van der Waals surface area contributed by atoms with Gasteiger partial charge in [-0.25, -0.2) is 4.98 Å². The maximum absolute atomic E-state index is 12.4. The molecule has 9 heteroatoms. The van der Waals surface area contributed by atoms with Crippen molar-refractivity contribution in [1.29, 1.82) is 0 Å². The summed E-state index contributed by atoms with van der Waals surface area (Å²) in [6.45, 7) is 6.78. The molecule has 162 valence electrons. The van der Waals surface area contributed by atoms with Gasteiger partial charge in [0.15, 0.2) is 0 Å². The Kier molecular flexibility index (Phi) is 6.93. The zero-order valence-corrected chi connectivity index (χ0v) is 17.0. The highest BCUT2D eigenvalue weighted by Gasteiger charge is 2.20. The highest BCUT2D eigenvalue weighted by atomic mass is 16.5. The van der Waals surface area contributed by atoms with Crippen LogP contribution in [0.25, 0.3) is 10.9 Å². The fourth-order valence-corrected chi connectivity index (χ4v) is 3.88. The minimum Gasteiger partial charge on any atom is -0.492 e. The molecule has 2 aromatic rings. The summed E-state index contributed by atoms with van der Waals surface area (Å²) in [5, 5.41) is 0.447. The standard InChI is InChI=1S/C21H28N4O5/c26-9-7-24-3-5-25(6-4-24)8-12-29-17-13-18-20(21(27)23-15-22-18)19(14-17)30-16-1-10-28-11-2-16/h9,13-16H,1-8,10-12H2,(H,22,23,27). The third kappa shape index (κ3) is 5.16. The first-order chi connectivity index (χ1) is 14.7. The normalized spacial score (nSPS) is 19.1. The summed E-state index contributed by atoms with van der Waals surface area (Å²) in [5.74, 6) is 1.15. The summed E-state index contributed by atoms with van der Waals surface area (Å²) < 4.78 is 17.5. The number of nitrogens with one attached hydrogen (secondary N) is 1. The first kappa shape index (κ1) is 20.8. The van der Waals surface area contributed by atoms with E-state index in [1.807, 2.05) is 0 Å². The molecule has 1 aromatic carbocycles. The van der Waals surface area contributed by atoms with Crippen LogP contribution in [-0.4, -0.2) is 91.2 Å². The smallest absolute Gasteiger partial charge is 0.262 e. The van der Waals surface area contributed by atoms with E-state index in [-0.39, 0.29) is 11.7 Å². The van der Waals surface area contributed by atoms with Crippen LogP contribution >= 0.6 is 0 Å². The number of aldehydes is 1. The molecule has 1 aromatic heterocycles. The van der Waals surface area contributed by atoms with Crippen molar-refractivity contribution in [3.63, 3.8) is 0 Å². The van der Waals surface area contributed by atoms with Gasteiger partial charge >= 0.3 is 0 Å². The molecule has 0 bridgehead atoms. The Labute approximate surface area is 174 Å². The molecule has 0 saturated carbocycles. The van der Waals surface area contributed by atoms with Crippen LogP contribution in [0.3, 0.4) is 0 Å². The number of piperazine rings is 1. The second-order valence-electron chi connectivity index (χ2n) is 7.63. The van der Waals surface area contributed by atoms with E-state index in [2.05, 4.69) is 19.8 Å². The van der Waals surface area contributed by atoms with Crippen molar-refractivity contribution in [3.05, 3.63) is 28.8 Å². The molecule has 1 N–H and O–H groups in total. The number of aromatic nitrogens is 2. The molecular weight excluding hydrogens is 388 g/mol. The molecule has 0 aliphatic carbocycles. The molecule has 0 radical (unpaired) electrons. The highest BCUT2D eigenvalue weighted by Crippen LogP contribution is 2.30. The van der Waals surface area contributed by atoms with Crippen LogP contribution in [0.5, 0.6) is 11.5 Å². The number of fused-ring (bicyclic) bond motifs is 1. The van der Waals surface area contributed by atoms with Crippen LogP contribution in [0.15, 0.2) is 23.3 Å². The van der Waals surface area contributed by atoms with E-state index in [4.69, 9.17) is 14.2 Å². The lowest BCUT2D eigenvalue weighted by Crippen LogP contribution is -2.47. The summed E-state index contributed by atoms with van der Waals surface area (Å²) in [7, 11) is 0. The first-order valence-corrected chi connectivity index (χ1v) is 10.5. The van der Waals surface area contributed by atoms with Crippen molar-refractivity contribution in [1.82, 2.24) is 19.8 Å². The van der Waals surface area contributed by atoms with Gasteiger partial charge in [0, 0.05) is 57.7 Å². The molecule has 0 amide bonds. The summed E-state index contributed by atoms with van der Waals surface area (Å²) in [6.07, 6.45) is 3.95. The van der Waals surface area contributed by atoms with Crippen molar-refractivity contribution in [2.75, 3.05) is 59.1 Å². The third-order valence-electron chi connectivity index (χ3n) is 5.62. The third-order valence-corrected chi connectivity index (χ3v) is 5.62. The van der Waals surface area contributed by atoms with Crippen LogP contribution in [0.4, 0.5) is 0 Å². The number of ether oxygens (including phenoxy) is 3. The first-order valence-electron chi connectivity index (χ1n) is 10.5. The van der Waals surface area contributed by atoms with E-state index >= 15 is 0 Å². The van der Waals surface area contributed by atoms with E-state index < -0.39 is 0 Å². The average molecular weight is 416 g/mol. The molecule has 0 unspecified atom stereocenters. The number of carbonyl (C=O) groups excluding carboxylic acids is 1. The number of H-pyrrole nitrogens is 1. The van der Waals surface area contributed by atoms with E-state index in [9.17, 15) is 9.59 Å². The van der Waals surface area contributed by atoms with Gasteiger partial charge in [-0.2, -0.15) is 0 Å². The lowest BCUT2D eigenvalue weighted by molar-refractivity contribution is -0.109. The number of aromatic amines is 1. The summed E-state index contributed by atoms with van der Waals surface area (Å²) in [4.78, 5) is 34.4. The van der Waals surface area contributed by atoms with Crippen LogP contribution in [0.1, 0.15) is 12.8 Å². The largest absolute Gasteiger partial charge is 0.492 e. The van der Waals surface area contributed by atoms with Crippen LogP contribution in [0.2, 0.25) is 0 Å². The molecule has 4 rings (SSSR count). The van der Waals surface area contributed by atoms with Gasteiger partial charge in [-0.05, 0) is 0 Å². The summed E-state index contributed by atoms with van der Waals surface area (Å²) in [5.41, 5.74) is 0.336. The minimum absolute atomic E-state index is 0.0134. The second-order valence-corrected chi connectivity index (χ2v) is 7.63. The lowest BCUT2D eigenvalue weighted by Gasteiger charge is -2.33. The predicted molar refractivity (Wildman–Crippen MR) is 111 cm³/mol. The summed E-state index contributed by atoms with van der Waals surface area (Å²) >= 11 is 0. The Bertz CT molecular complexity index is 904. The highest BCUT2D eigenvalue weighted by molar-refractivity contribution is 5.85. The SMILES string of the molecule is O=CCN1CCN(CCOc2cc(OC3CCOCC3)c3c(=O)[nH]cnc3c2)CC1. The number of nitrogens with zero attached hydrogens (tertiary/aromatic N) is 3. The van der Waals surface area contributed by atoms with Crippen LogP contribution in [0, 0.1) is 0 Å². The Morgan fingerprint density at radius 3 is 2.70 bits per heavy atom. The average Bonchev–Trinajstić information content (AvgIpc) is 2.76. The van der Waals surface area contributed by atoms with Gasteiger partial charge in [-0.3, -0.25) is 14.6 Å². The van der Waals surface area contributed by atoms with Crippen LogP contribution < -0.4 is 15.0 Å². The Morgan fingerprint density at radius 2 is 1.93 bits per heavy atom. The van der Waals surface area contributed by atoms with Crippen LogP contribution in [-0.2, 0) is 9.53 Å². The number of benzene rings is 1. The van der Waals surface area contributed by atoms with E-state index in [1.165, 1.54) is 6.33 Å². The zero-order valence-electron chi connectivity index (χ0n) is 17.0. The minimum atomic E-state index is -0.221. The summed E-state index contributed by atoms with van der Waals surface area (Å²) in [6, 6.07) is 3.57. The van der Waals surface area contributed by atoms with Gasteiger partial charge < -0.3 is 24.0 Å². The maximum Gasteiger partial charge on any atom is 0.262 e. The van der Waals surface area contributed by atoms with Crippen molar-refractivity contribution in [2.24, 2.45) is 0 Å². The number of carbonyl (C=O) groups is 1. The zero-order chi connectivity index (χ0) is 20.8. The molecule has 0 atom stereocenters. The van der Waals surface area contributed by atoms with E-state index in [0.717, 1.165) is 51.9 Å². The Hall–Kier alpha value is -2.49. The Balaban J connectivity index is 1.41. The van der Waals surface area contributed by atoms with Gasteiger partial charge in [0.25, 0.3) is 5.56 Å². The topological polar surface area (TPSA) is 97.0 Å². The van der Waals surface area contributed by atoms with E-state index in [0.29, 0.717) is 48.8 Å². The van der Waals surface area contributed by atoms with E-state index in [1.54, 1.807) is 12.1 Å². The molecule has 2 aliphatic heterocycles. The molecule has 9 nitrogen and oxygen atoms in total. The molecule has 2 saturated heterocycles. The van der Waals surface area contributed by atoms with Gasteiger partial charge in [-0.1, -0.05) is 0 Å². The predicted octanol–water partition coefficient (Wildman–Crippen LogP) is 0.676. The second kappa shape index (κ2) is 10.0. The molecule has 0 spiro atoms. The van der Waals surface area contributed by atoms with Crippen molar-refractivity contribution < 1.29 is 19.0 Å². The molecule has 30 heavy (non-hydrogen) atoms. The molecule has 3 heterocycles. The monoisotopic (exact) mass is 416 g/mol. The maximum atomic E-state index is 12.4. The number of rotatable bonds is 8.